The molecule has 1 fully saturated rings. The van der Waals surface area contributed by atoms with Gasteiger partial charge >= 0.3 is 0 Å². The number of sulfonamides is 1. The lowest BCUT2D eigenvalue weighted by molar-refractivity contribution is 0.0578. The first-order valence-corrected chi connectivity index (χ1v) is 11.2. The van der Waals surface area contributed by atoms with E-state index in [9.17, 15) is 12.8 Å². The summed E-state index contributed by atoms with van der Waals surface area (Å²) in [7, 11) is -3.77. The average molecular weight is 422 g/mol. The molecular formula is C21H28FN3O3S. The zero-order valence-electron chi connectivity index (χ0n) is 16.9. The van der Waals surface area contributed by atoms with Crippen LogP contribution < -0.4 is 15.2 Å². The molecule has 2 unspecified atom stereocenters. The maximum absolute atomic E-state index is 14.3. The van der Waals surface area contributed by atoms with Gasteiger partial charge in [-0.15, -0.1) is 0 Å². The van der Waals surface area contributed by atoms with Gasteiger partial charge < -0.3 is 10.1 Å². The fourth-order valence-corrected chi connectivity index (χ4v) is 4.12. The highest BCUT2D eigenvalue weighted by atomic mass is 32.2. The zero-order valence-corrected chi connectivity index (χ0v) is 17.7. The molecule has 1 saturated heterocycles. The van der Waals surface area contributed by atoms with Crippen LogP contribution in [0.2, 0.25) is 0 Å². The second kappa shape index (κ2) is 8.79. The molecule has 0 radical (unpaired) electrons. The van der Waals surface area contributed by atoms with Crippen molar-refractivity contribution in [3.8, 4) is 5.75 Å². The second-order valence-electron chi connectivity index (χ2n) is 7.65. The third kappa shape index (κ3) is 5.33. The minimum absolute atomic E-state index is 0.0143. The summed E-state index contributed by atoms with van der Waals surface area (Å²) in [6.07, 6.45) is -0.421. The molecule has 0 bridgehead atoms. The molecule has 0 amide bonds. The summed E-state index contributed by atoms with van der Waals surface area (Å²) in [5.74, 6) is 0.222. The van der Waals surface area contributed by atoms with Crippen molar-refractivity contribution in [3.63, 3.8) is 0 Å². The van der Waals surface area contributed by atoms with Gasteiger partial charge in [0, 0.05) is 31.7 Å². The number of halogens is 1. The predicted molar refractivity (Wildman–Crippen MR) is 111 cm³/mol. The molecule has 8 heteroatoms. The van der Waals surface area contributed by atoms with Crippen molar-refractivity contribution in [1.29, 1.82) is 0 Å². The molecule has 3 atom stereocenters. The minimum atomic E-state index is -3.77. The molecule has 3 rings (SSSR count). The number of nitrogens with one attached hydrogen (secondary N) is 1. The van der Waals surface area contributed by atoms with Crippen molar-refractivity contribution in [2.24, 2.45) is 5.14 Å². The average Bonchev–Trinajstić information content (AvgIpc) is 2.67. The number of primary sulfonamides is 1. The first-order chi connectivity index (χ1) is 13.6. The van der Waals surface area contributed by atoms with Gasteiger partial charge in [-0.25, -0.2) is 17.9 Å². The van der Waals surface area contributed by atoms with E-state index < -0.39 is 16.1 Å². The molecule has 6 nitrogen and oxygen atoms in total. The van der Waals surface area contributed by atoms with E-state index >= 15 is 0 Å². The molecule has 29 heavy (non-hydrogen) atoms. The van der Waals surface area contributed by atoms with E-state index in [0.717, 1.165) is 25.2 Å². The van der Waals surface area contributed by atoms with Crippen LogP contribution in [0.4, 0.5) is 4.39 Å². The number of rotatable bonds is 6. The van der Waals surface area contributed by atoms with E-state index in [0.29, 0.717) is 17.4 Å². The molecule has 0 spiro atoms. The number of aryl methyl sites for hydroxylation is 1. The van der Waals surface area contributed by atoms with Gasteiger partial charge in [0.2, 0.25) is 10.0 Å². The molecule has 158 valence electrons. The molecular weight excluding hydrogens is 393 g/mol. The van der Waals surface area contributed by atoms with E-state index in [1.165, 1.54) is 18.2 Å². The van der Waals surface area contributed by atoms with Crippen LogP contribution in [0.5, 0.6) is 5.75 Å². The van der Waals surface area contributed by atoms with E-state index in [1.54, 1.807) is 25.1 Å². The largest absolute Gasteiger partial charge is 0.484 e. The Morgan fingerprint density at radius 2 is 1.93 bits per heavy atom. The van der Waals surface area contributed by atoms with Crippen molar-refractivity contribution in [3.05, 3.63) is 59.4 Å². The molecule has 1 heterocycles. The van der Waals surface area contributed by atoms with Crippen LogP contribution in [-0.2, 0) is 10.0 Å². The van der Waals surface area contributed by atoms with Gasteiger partial charge in [0.1, 0.15) is 17.7 Å². The van der Waals surface area contributed by atoms with Crippen molar-refractivity contribution in [1.82, 2.24) is 10.2 Å². The van der Waals surface area contributed by atoms with E-state index in [1.807, 2.05) is 6.07 Å². The lowest BCUT2D eigenvalue weighted by Gasteiger charge is -2.39. The number of ether oxygens (including phenoxy) is 1. The third-order valence-corrected chi connectivity index (χ3v) is 6.28. The van der Waals surface area contributed by atoms with Gasteiger partial charge in [-0.05, 0) is 62.2 Å². The quantitative estimate of drug-likeness (QED) is 0.749. The summed E-state index contributed by atoms with van der Waals surface area (Å²) in [5.41, 5.74) is 1.32. The highest BCUT2D eigenvalue weighted by Crippen LogP contribution is 2.30. The van der Waals surface area contributed by atoms with Gasteiger partial charge in [-0.1, -0.05) is 12.1 Å². The Labute approximate surface area is 171 Å². The van der Waals surface area contributed by atoms with Crippen LogP contribution in [0.25, 0.3) is 0 Å². The molecule has 3 N–H and O–H groups in total. The molecule has 2 aromatic carbocycles. The SMILES string of the molecule is Cc1ccc(C(Oc2ccc(S(N)(=O)=O)cc2)C(C)N2CCN[C@H](C)C2)cc1F. The first-order valence-electron chi connectivity index (χ1n) is 9.68. The molecule has 0 saturated carbocycles. The van der Waals surface area contributed by atoms with Crippen LogP contribution in [0.15, 0.2) is 47.4 Å². The van der Waals surface area contributed by atoms with Crippen LogP contribution in [0.1, 0.15) is 31.1 Å². The van der Waals surface area contributed by atoms with Gasteiger partial charge in [-0.2, -0.15) is 0 Å². The Hall–Kier alpha value is -2.00. The zero-order chi connectivity index (χ0) is 21.2. The molecule has 1 aliphatic heterocycles. The Bertz CT molecular complexity index is 950. The Balaban J connectivity index is 1.90. The van der Waals surface area contributed by atoms with E-state index in [4.69, 9.17) is 9.88 Å². The Kier molecular flexibility index (Phi) is 6.58. The fraction of sp³-hybridized carbons (Fsp3) is 0.429. The summed E-state index contributed by atoms with van der Waals surface area (Å²) in [5, 5.41) is 8.59. The van der Waals surface area contributed by atoms with Crippen LogP contribution in [-0.4, -0.2) is 45.0 Å². The molecule has 2 aromatic rings. The van der Waals surface area contributed by atoms with Crippen LogP contribution in [0, 0.1) is 12.7 Å². The second-order valence-corrected chi connectivity index (χ2v) is 9.22. The Morgan fingerprint density at radius 3 is 2.52 bits per heavy atom. The number of hydrogen-bond donors (Lipinski definition) is 2. The smallest absolute Gasteiger partial charge is 0.238 e. The predicted octanol–water partition coefficient (Wildman–Crippen LogP) is 2.58. The first kappa shape index (κ1) is 21.7. The van der Waals surface area contributed by atoms with Gasteiger partial charge in [-0.3, -0.25) is 4.90 Å². The Morgan fingerprint density at radius 1 is 1.24 bits per heavy atom. The molecule has 0 aliphatic carbocycles. The van der Waals surface area contributed by atoms with Crippen LogP contribution >= 0.6 is 0 Å². The van der Waals surface area contributed by atoms with Gasteiger partial charge in [0.05, 0.1) is 4.90 Å². The van der Waals surface area contributed by atoms with E-state index in [-0.39, 0.29) is 16.8 Å². The summed E-state index contributed by atoms with van der Waals surface area (Å²) in [4.78, 5) is 2.34. The maximum atomic E-state index is 14.3. The standard InChI is InChI=1S/C21H28FN3O3S/c1-14-4-5-17(12-20(14)22)21(16(3)25-11-10-24-15(2)13-25)28-18-6-8-19(9-7-18)29(23,26)27/h4-9,12,15-16,21,24H,10-11,13H2,1-3H3,(H2,23,26,27)/t15-,16?,21?/m1/s1. The number of nitrogens with two attached hydrogens (primary N) is 1. The van der Waals surface area contributed by atoms with Gasteiger partial charge in [0.25, 0.3) is 0 Å². The fourth-order valence-electron chi connectivity index (χ4n) is 3.61. The van der Waals surface area contributed by atoms with E-state index in [2.05, 4.69) is 24.1 Å². The van der Waals surface area contributed by atoms with Crippen LogP contribution in [0.3, 0.4) is 0 Å². The molecule has 1 aliphatic rings. The monoisotopic (exact) mass is 421 g/mol. The summed E-state index contributed by atoms with van der Waals surface area (Å²) >= 11 is 0. The summed E-state index contributed by atoms with van der Waals surface area (Å²) in [6, 6.07) is 11.5. The topological polar surface area (TPSA) is 84.7 Å². The molecule has 0 aromatic heterocycles. The van der Waals surface area contributed by atoms with Crippen molar-refractivity contribution in [2.75, 3.05) is 19.6 Å². The number of nitrogens with zero attached hydrogens (tertiary/aromatic N) is 1. The lowest BCUT2D eigenvalue weighted by Crippen LogP contribution is -2.54. The van der Waals surface area contributed by atoms with Crippen molar-refractivity contribution >= 4 is 10.0 Å². The maximum Gasteiger partial charge on any atom is 0.238 e. The number of hydrogen-bond acceptors (Lipinski definition) is 5. The summed E-state index contributed by atoms with van der Waals surface area (Å²) < 4.78 is 43.5. The van der Waals surface area contributed by atoms with Crippen molar-refractivity contribution in [2.45, 2.75) is 43.9 Å². The normalized spacial score (nSPS) is 20.2. The lowest BCUT2D eigenvalue weighted by atomic mass is 9.99. The highest BCUT2D eigenvalue weighted by Gasteiger charge is 2.30. The summed E-state index contributed by atoms with van der Waals surface area (Å²) in [6.45, 7) is 8.53. The number of piperazine rings is 1. The van der Waals surface area contributed by atoms with Crippen molar-refractivity contribution < 1.29 is 17.5 Å². The minimum Gasteiger partial charge on any atom is -0.484 e. The van der Waals surface area contributed by atoms with Gasteiger partial charge in [0.15, 0.2) is 0 Å². The number of benzene rings is 2. The third-order valence-electron chi connectivity index (χ3n) is 5.35. The highest BCUT2D eigenvalue weighted by molar-refractivity contribution is 7.89.